The Balaban J connectivity index is 1.69. The molecule has 0 aliphatic carbocycles. The van der Waals surface area contributed by atoms with E-state index in [-0.39, 0.29) is 5.91 Å². The van der Waals surface area contributed by atoms with Crippen LogP contribution in [0.4, 0.5) is 5.13 Å². The third kappa shape index (κ3) is 3.86. The van der Waals surface area contributed by atoms with Gasteiger partial charge in [0.05, 0.1) is 23.9 Å². The second-order valence-corrected chi connectivity index (χ2v) is 7.55. The topological polar surface area (TPSA) is 78.1 Å². The van der Waals surface area contributed by atoms with E-state index in [0.717, 1.165) is 21.7 Å². The maximum Gasteiger partial charge on any atom is 0.280 e. The number of aromatic nitrogens is 5. The first kappa shape index (κ1) is 19.1. The monoisotopic (exact) mass is 410 g/mol. The van der Waals surface area contributed by atoms with Crippen molar-refractivity contribution >= 4 is 32.6 Å². The molecule has 0 radical (unpaired) electrons. The summed E-state index contributed by atoms with van der Waals surface area (Å²) in [5.41, 5.74) is 2.21. The van der Waals surface area contributed by atoms with Gasteiger partial charge in [0.1, 0.15) is 5.75 Å². The van der Waals surface area contributed by atoms with E-state index in [9.17, 15) is 4.79 Å². The average Bonchev–Trinajstić information content (AvgIpc) is 3.46. The fourth-order valence-corrected chi connectivity index (χ4v) is 4.15. The molecule has 3 aromatic heterocycles. The van der Waals surface area contributed by atoms with Crippen LogP contribution in [0.25, 0.3) is 10.2 Å². The van der Waals surface area contributed by atoms with Crippen molar-refractivity contribution in [3.8, 4) is 5.75 Å². The Labute approximate surface area is 172 Å². The van der Waals surface area contributed by atoms with Crippen LogP contribution in [0.2, 0.25) is 0 Å². The first-order chi connectivity index (χ1) is 14.1. The Kier molecular flexibility index (Phi) is 5.30. The zero-order valence-corrected chi connectivity index (χ0v) is 17.4. The number of thiazole rings is 1. The van der Waals surface area contributed by atoms with E-state index in [1.54, 1.807) is 22.9 Å². The van der Waals surface area contributed by atoms with E-state index in [1.165, 1.54) is 11.3 Å². The van der Waals surface area contributed by atoms with E-state index in [1.807, 2.05) is 55.1 Å². The van der Waals surface area contributed by atoms with Gasteiger partial charge in [-0.15, -0.1) is 0 Å². The second-order valence-electron chi connectivity index (χ2n) is 6.54. The number of aryl methyl sites for hydroxylation is 2. The quantitative estimate of drug-likeness (QED) is 0.467. The highest BCUT2D eigenvalue weighted by Crippen LogP contribution is 2.32. The minimum Gasteiger partial charge on any atom is -0.497 e. The zero-order valence-electron chi connectivity index (χ0n) is 16.6. The molecule has 0 fully saturated rings. The summed E-state index contributed by atoms with van der Waals surface area (Å²) < 4.78 is 9.89. The molecule has 0 aliphatic rings. The van der Waals surface area contributed by atoms with E-state index in [0.29, 0.717) is 30.5 Å². The third-order valence-electron chi connectivity index (χ3n) is 4.67. The molecular formula is C20H22N6O2S. The molecule has 29 heavy (non-hydrogen) atoms. The minimum absolute atomic E-state index is 0.168. The molecule has 0 atom stereocenters. The van der Waals surface area contributed by atoms with Crippen LogP contribution < -0.4 is 9.64 Å². The summed E-state index contributed by atoms with van der Waals surface area (Å²) in [6, 6.07) is 9.39. The molecule has 4 aromatic rings. The predicted octanol–water partition coefficient (Wildman–Crippen LogP) is 3.37. The highest BCUT2D eigenvalue weighted by Gasteiger charge is 2.24. The largest absolute Gasteiger partial charge is 0.497 e. The van der Waals surface area contributed by atoms with Gasteiger partial charge in [-0.05, 0) is 44.2 Å². The number of fused-ring (bicyclic) bond motifs is 1. The molecule has 0 unspecified atom stereocenters. The number of hydrogen-bond acceptors (Lipinski definition) is 6. The molecule has 0 aliphatic heterocycles. The Bertz CT molecular complexity index is 1130. The van der Waals surface area contributed by atoms with E-state index < -0.39 is 0 Å². The Morgan fingerprint density at radius 3 is 2.86 bits per heavy atom. The van der Waals surface area contributed by atoms with Gasteiger partial charge in [-0.3, -0.25) is 19.1 Å². The van der Waals surface area contributed by atoms with Gasteiger partial charge in [0, 0.05) is 31.2 Å². The Hall–Kier alpha value is -3.20. The molecule has 0 N–H and O–H groups in total. The minimum atomic E-state index is -0.168. The summed E-state index contributed by atoms with van der Waals surface area (Å²) in [5.74, 6) is 0.595. The van der Waals surface area contributed by atoms with Gasteiger partial charge >= 0.3 is 0 Å². The van der Waals surface area contributed by atoms with Crippen LogP contribution in [-0.2, 0) is 13.1 Å². The highest BCUT2D eigenvalue weighted by atomic mass is 32.1. The summed E-state index contributed by atoms with van der Waals surface area (Å²) in [5, 5.41) is 9.33. The van der Waals surface area contributed by atoms with Crippen molar-refractivity contribution in [2.45, 2.75) is 26.9 Å². The van der Waals surface area contributed by atoms with Crippen LogP contribution in [0.3, 0.4) is 0 Å². The number of methoxy groups -OCH3 is 1. The van der Waals surface area contributed by atoms with Gasteiger partial charge in [-0.25, -0.2) is 4.98 Å². The number of nitrogens with zero attached hydrogens (tertiary/aromatic N) is 6. The summed E-state index contributed by atoms with van der Waals surface area (Å²) in [7, 11) is 1.63. The molecule has 3 heterocycles. The van der Waals surface area contributed by atoms with Crippen molar-refractivity contribution in [3.05, 3.63) is 54.1 Å². The van der Waals surface area contributed by atoms with Crippen LogP contribution in [0.1, 0.15) is 23.1 Å². The first-order valence-corrected chi connectivity index (χ1v) is 10.2. The van der Waals surface area contributed by atoms with E-state index in [2.05, 4.69) is 15.2 Å². The lowest BCUT2D eigenvalue weighted by Gasteiger charge is -2.18. The molecule has 0 spiro atoms. The lowest BCUT2D eigenvalue weighted by molar-refractivity contribution is 0.0980. The number of amides is 1. The van der Waals surface area contributed by atoms with Crippen LogP contribution in [0.15, 0.2) is 42.7 Å². The molecule has 1 aromatic carbocycles. The smallest absolute Gasteiger partial charge is 0.280 e. The number of ether oxygens (including phenoxy) is 1. The zero-order chi connectivity index (χ0) is 20.4. The molecule has 0 saturated carbocycles. The fourth-order valence-electron chi connectivity index (χ4n) is 3.13. The maximum absolute atomic E-state index is 13.3. The van der Waals surface area contributed by atoms with Crippen molar-refractivity contribution in [1.29, 1.82) is 0 Å². The average molecular weight is 411 g/mol. The molecule has 150 valence electrons. The second kappa shape index (κ2) is 8.04. The number of rotatable bonds is 7. The number of hydrogen-bond donors (Lipinski definition) is 0. The number of anilines is 1. The van der Waals surface area contributed by atoms with Gasteiger partial charge in [-0.1, -0.05) is 11.3 Å². The van der Waals surface area contributed by atoms with Gasteiger partial charge in [0.15, 0.2) is 10.8 Å². The number of carbonyl (C=O) groups is 1. The molecule has 0 saturated heterocycles. The van der Waals surface area contributed by atoms with Crippen molar-refractivity contribution < 1.29 is 9.53 Å². The molecule has 1 amide bonds. The molecule has 9 heteroatoms. The predicted molar refractivity (Wildman–Crippen MR) is 113 cm³/mol. The van der Waals surface area contributed by atoms with Gasteiger partial charge in [0.2, 0.25) is 0 Å². The number of benzene rings is 1. The molecule has 8 nitrogen and oxygen atoms in total. The van der Waals surface area contributed by atoms with Crippen molar-refractivity contribution in [1.82, 2.24) is 24.5 Å². The van der Waals surface area contributed by atoms with Crippen molar-refractivity contribution in [2.75, 3.05) is 18.6 Å². The van der Waals surface area contributed by atoms with Crippen LogP contribution in [-0.4, -0.2) is 44.1 Å². The Morgan fingerprint density at radius 2 is 2.17 bits per heavy atom. The highest BCUT2D eigenvalue weighted by molar-refractivity contribution is 7.22. The molecular weight excluding hydrogens is 388 g/mol. The molecule has 4 rings (SSSR count). The van der Waals surface area contributed by atoms with Crippen molar-refractivity contribution in [3.63, 3.8) is 0 Å². The third-order valence-corrected chi connectivity index (χ3v) is 5.71. The Morgan fingerprint density at radius 1 is 1.31 bits per heavy atom. The van der Waals surface area contributed by atoms with Crippen LogP contribution in [0.5, 0.6) is 5.75 Å². The van der Waals surface area contributed by atoms with E-state index >= 15 is 0 Å². The summed E-state index contributed by atoms with van der Waals surface area (Å²) in [4.78, 5) is 19.7. The summed E-state index contributed by atoms with van der Waals surface area (Å²) >= 11 is 1.46. The van der Waals surface area contributed by atoms with Crippen molar-refractivity contribution in [2.24, 2.45) is 0 Å². The van der Waals surface area contributed by atoms with Gasteiger partial charge in [-0.2, -0.15) is 10.2 Å². The lowest BCUT2D eigenvalue weighted by Crippen LogP contribution is -2.34. The normalized spacial score (nSPS) is 11.1. The first-order valence-electron chi connectivity index (χ1n) is 9.37. The summed E-state index contributed by atoms with van der Waals surface area (Å²) in [6.07, 6.45) is 3.60. The SMILES string of the molecule is CCn1nc(C(=O)N(CCn2cccn2)c2nc3ccc(OC)cc3s2)cc1C. The van der Waals surface area contributed by atoms with Gasteiger partial charge in [0.25, 0.3) is 5.91 Å². The fraction of sp³-hybridized carbons (Fsp3) is 0.300. The van der Waals surface area contributed by atoms with E-state index in [4.69, 9.17) is 4.74 Å². The summed E-state index contributed by atoms with van der Waals surface area (Å²) in [6.45, 7) is 5.67. The van der Waals surface area contributed by atoms with Crippen LogP contribution >= 0.6 is 11.3 Å². The van der Waals surface area contributed by atoms with Crippen LogP contribution in [0, 0.1) is 6.92 Å². The maximum atomic E-state index is 13.3. The standard InChI is InChI=1S/C20H22N6O2S/c1-4-26-14(2)12-17(23-26)19(27)25(11-10-24-9-5-8-21-24)20-22-16-7-6-15(28-3)13-18(16)29-20/h5-9,12-13H,4,10-11H2,1-3H3. The number of carbonyl (C=O) groups excluding carboxylic acids is 1. The lowest BCUT2D eigenvalue weighted by atomic mass is 10.3. The molecule has 0 bridgehead atoms. The van der Waals surface area contributed by atoms with Gasteiger partial charge < -0.3 is 4.74 Å².